The van der Waals surface area contributed by atoms with E-state index in [2.05, 4.69) is 19.2 Å². The zero-order chi connectivity index (χ0) is 12.0. The Morgan fingerprint density at radius 3 is 2.69 bits per heavy atom. The first-order chi connectivity index (χ1) is 7.63. The van der Waals surface area contributed by atoms with Crippen LogP contribution < -0.4 is 5.32 Å². The molecule has 0 amide bonds. The van der Waals surface area contributed by atoms with E-state index >= 15 is 0 Å². The first-order valence-corrected chi connectivity index (χ1v) is 6.40. The highest BCUT2D eigenvalue weighted by molar-refractivity contribution is 7.99. The van der Waals surface area contributed by atoms with Crippen LogP contribution in [0.1, 0.15) is 13.8 Å². The van der Waals surface area contributed by atoms with Gasteiger partial charge in [-0.15, -0.1) is 11.8 Å². The lowest BCUT2D eigenvalue weighted by Gasteiger charge is -2.11. The number of halogens is 2. The molecule has 4 heteroatoms. The second-order valence-corrected chi connectivity index (χ2v) is 4.89. The van der Waals surface area contributed by atoms with Crippen LogP contribution in [0.4, 0.5) is 8.78 Å². The van der Waals surface area contributed by atoms with Gasteiger partial charge < -0.3 is 5.32 Å². The maximum Gasteiger partial charge on any atom is 0.159 e. The molecule has 16 heavy (non-hydrogen) atoms. The minimum Gasteiger partial charge on any atom is -0.317 e. The van der Waals surface area contributed by atoms with Gasteiger partial charge in [0.2, 0.25) is 0 Å². The Balaban J connectivity index is 2.39. The van der Waals surface area contributed by atoms with Crippen LogP contribution >= 0.6 is 11.8 Å². The van der Waals surface area contributed by atoms with Crippen molar-refractivity contribution >= 4 is 11.8 Å². The Morgan fingerprint density at radius 1 is 1.31 bits per heavy atom. The predicted molar refractivity (Wildman–Crippen MR) is 64.8 cm³/mol. The number of thioether (sulfide) groups is 1. The molecular formula is C12H17F2NS. The lowest BCUT2D eigenvalue weighted by atomic mass is 10.2. The Hall–Kier alpha value is -0.610. The fraction of sp³-hybridized carbons (Fsp3) is 0.500. The van der Waals surface area contributed by atoms with Crippen molar-refractivity contribution in [3.05, 3.63) is 29.8 Å². The second kappa shape index (κ2) is 6.86. The normalized spacial score (nSPS) is 12.8. The van der Waals surface area contributed by atoms with Gasteiger partial charge in [-0.3, -0.25) is 0 Å². The summed E-state index contributed by atoms with van der Waals surface area (Å²) in [7, 11) is 0. The molecule has 0 bridgehead atoms. The van der Waals surface area contributed by atoms with Gasteiger partial charge in [-0.25, -0.2) is 8.78 Å². The molecule has 0 saturated carbocycles. The van der Waals surface area contributed by atoms with Crippen LogP contribution in [0.15, 0.2) is 23.1 Å². The summed E-state index contributed by atoms with van der Waals surface area (Å²) in [6.07, 6.45) is 0. The van der Waals surface area contributed by atoms with Crippen LogP contribution in [-0.2, 0) is 0 Å². The van der Waals surface area contributed by atoms with Gasteiger partial charge in [0, 0.05) is 10.6 Å². The number of nitrogens with one attached hydrogen (secondary N) is 1. The molecule has 0 aliphatic carbocycles. The molecule has 0 aliphatic heterocycles. The van der Waals surface area contributed by atoms with Gasteiger partial charge in [0.25, 0.3) is 0 Å². The second-order valence-electron chi connectivity index (χ2n) is 3.80. The molecule has 0 fully saturated rings. The largest absolute Gasteiger partial charge is 0.317 e. The summed E-state index contributed by atoms with van der Waals surface area (Å²) in [6.45, 7) is 6.11. The standard InChI is InChI=1S/C12H17F2NS/c1-3-15-7-9(2)8-16-10-4-5-11(13)12(14)6-10/h4-6,9,15H,3,7-8H2,1-2H3. The summed E-state index contributed by atoms with van der Waals surface area (Å²) in [6, 6.07) is 4.04. The van der Waals surface area contributed by atoms with Crippen molar-refractivity contribution in [1.29, 1.82) is 0 Å². The summed E-state index contributed by atoms with van der Waals surface area (Å²) in [5.74, 6) is -0.148. The smallest absolute Gasteiger partial charge is 0.159 e. The van der Waals surface area contributed by atoms with Crippen LogP contribution in [0.5, 0.6) is 0 Å². The molecular weight excluding hydrogens is 228 g/mol. The number of rotatable bonds is 6. The van der Waals surface area contributed by atoms with Crippen LogP contribution in [0, 0.1) is 17.6 Å². The van der Waals surface area contributed by atoms with Gasteiger partial charge in [0.1, 0.15) is 0 Å². The van der Waals surface area contributed by atoms with E-state index in [-0.39, 0.29) is 0 Å². The lowest BCUT2D eigenvalue weighted by molar-refractivity contribution is 0.506. The highest BCUT2D eigenvalue weighted by atomic mass is 32.2. The third kappa shape index (κ3) is 4.49. The molecule has 1 nitrogen and oxygen atoms in total. The molecule has 0 heterocycles. The van der Waals surface area contributed by atoms with Crippen molar-refractivity contribution in [2.75, 3.05) is 18.8 Å². The molecule has 0 aromatic heterocycles. The van der Waals surface area contributed by atoms with Crippen LogP contribution in [0.2, 0.25) is 0 Å². The molecule has 1 aromatic rings. The Morgan fingerprint density at radius 2 is 2.06 bits per heavy atom. The minimum atomic E-state index is -0.787. The van der Waals surface area contributed by atoms with Crippen molar-refractivity contribution in [2.24, 2.45) is 5.92 Å². The van der Waals surface area contributed by atoms with Crippen LogP contribution in [-0.4, -0.2) is 18.8 Å². The monoisotopic (exact) mass is 245 g/mol. The van der Waals surface area contributed by atoms with Gasteiger partial charge in [-0.1, -0.05) is 13.8 Å². The molecule has 1 rings (SSSR count). The first kappa shape index (κ1) is 13.5. The SMILES string of the molecule is CCNCC(C)CSc1ccc(F)c(F)c1. The summed E-state index contributed by atoms with van der Waals surface area (Å²) < 4.78 is 25.6. The number of hydrogen-bond donors (Lipinski definition) is 1. The van der Waals surface area contributed by atoms with Gasteiger partial charge in [-0.05, 0) is 37.2 Å². The molecule has 0 saturated heterocycles. The predicted octanol–water partition coefficient (Wildman–Crippen LogP) is 3.30. The quantitative estimate of drug-likeness (QED) is 0.772. The highest BCUT2D eigenvalue weighted by Crippen LogP contribution is 2.22. The van der Waals surface area contributed by atoms with Crippen molar-refractivity contribution in [3.8, 4) is 0 Å². The average Bonchev–Trinajstić information content (AvgIpc) is 2.28. The number of benzene rings is 1. The zero-order valence-corrected chi connectivity index (χ0v) is 10.4. The minimum absolute atomic E-state index is 0.512. The van der Waals surface area contributed by atoms with E-state index in [4.69, 9.17) is 0 Å². The van der Waals surface area contributed by atoms with Crippen molar-refractivity contribution in [2.45, 2.75) is 18.7 Å². The van der Waals surface area contributed by atoms with E-state index in [1.165, 1.54) is 12.1 Å². The summed E-state index contributed by atoms with van der Waals surface area (Å²) in [4.78, 5) is 0.780. The van der Waals surface area contributed by atoms with E-state index in [1.54, 1.807) is 17.8 Å². The molecule has 1 aromatic carbocycles. The molecule has 0 spiro atoms. The average molecular weight is 245 g/mol. The van der Waals surface area contributed by atoms with E-state index in [0.717, 1.165) is 23.7 Å². The first-order valence-electron chi connectivity index (χ1n) is 5.42. The summed E-state index contributed by atoms with van der Waals surface area (Å²) in [5, 5.41) is 3.26. The molecule has 1 N–H and O–H groups in total. The van der Waals surface area contributed by atoms with Gasteiger partial charge >= 0.3 is 0 Å². The maximum absolute atomic E-state index is 12.9. The third-order valence-electron chi connectivity index (χ3n) is 2.17. The maximum atomic E-state index is 12.9. The molecule has 90 valence electrons. The van der Waals surface area contributed by atoms with Crippen LogP contribution in [0.3, 0.4) is 0 Å². The van der Waals surface area contributed by atoms with Crippen molar-refractivity contribution < 1.29 is 8.78 Å². The molecule has 0 aliphatic rings. The summed E-state index contributed by atoms with van der Waals surface area (Å²) >= 11 is 1.56. The Kier molecular flexibility index (Phi) is 5.77. The van der Waals surface area contributed by atoms with Gasteiger partial charge in [-0.2, -0.15) is 0 Å². The van der Waals surface area contributed by atoms with E-state index < -0.39 is 11.6 Å². The van der Waals surface area contributed by atoms with E-state index in [9.17, 15) is 8.78 Å². The van der Waals surface area contributed by atoms with E-state index in [1.807, 2.05) is 0 Å². The lowest BCUT2D eigenvalue weighted by Crippen LogP contribution is -2.21. The topological polar surface area (TPSA) is 12.0 Å². The fourth-order valence-electron chi connectivity index (χ4n) is 1.25. The molecule has 1 atom stereocenters. The molecule has 0 radical (unpaired) electrons. The Labute approximate surface area is 99.6 Å². The van der Waals surface area contributed by atoms with Crippen molar-refractivity contribution in [3.63, 3.8) is 0 Å². The molecule has 1 unspecified atom stereocenters. The summed E-state index contributed by atoms with van der Waals surface area (Å²) in [5.41, 5.74) is 0. The number of hydrogen-bond acceptors (Lipinski definition) is 2. The van der Waals surface area contributed by atoms with Gasteiger partial charge in [0.05, 0.1) is 0 Å². The van der Waals surface area contributed by atoms with Gasteiger partial charge in [0.15, 0.2) is 11.6 Å². The van der Waals surface area contributed by atoms with Crippen LogP contribution in [0.25, 0.3) is 0 Å². The van der Waals surface area contributed by atoms with E-state index in [0.29, 0.717) is 5.92 Å². The third-order valence-corrected chi connectivity index (χ3v) is 3.49. The highest BCUT2D eigenvalue weighted by Gasteiger charge is 2.05. The Bertz CT molecular complexity index is 331. The van der Waals surface area contributed by atoms with Crippen molar-refractivity contribution in [1.82, 2.24) is 5.32 Å². The fourth-order valence-corrected chi connectivity index (χ4v) is 2.20. The zero-order valence-electron chi connectivity index (χ0n) is 9.59.